The molecule has 3 nitrogen and oxygen atoms in total. The zero-order valence-corrected chi connectivity index (χ0v) is 16.3. The van der Waals surface area contributed by atoms with Crippen LogP contribution < -0.4 is 0 Å². The lowest BCUT2D eigenvalue weighted by Gasteiger charge is -2.64. The van der Waals surface area contributed by atoms with Gasteiger partial charge in [0.25, 0.3) is 0 Å². The van der Waals surface area contributed by atoms with Gasteiger partial charge in [-0.3, -0.25) is 0 Å². The van der Waals surface area contributed by atoms with Crippen molar-refractivity contribution in [1.29, 1.82) is 5.26 Å². The van der Waals surface area contributed by atoms with Gasteiger partial charge in [-0.25, -0.2) is 4.99 Å². The number of nitrogens with zero attached hydrogens (tertiary/aromatic N) is 3. The molecule has 4 aliphatic rings. The fourth-order valence-corrected chi connectivity index (χ4v) is 6.83. The summed E-state index contributed by atoms with van der Waals surface area (Å²) in [6, 6.07) is 8.32. The van der Waals surface area contributed by atoms with Crippen molar-refractivity contribution < 1.29 is 0 Å². The molecule has 136 valence electrons. The molecule has 1 heterocycles. The van der Waals surface area contributed by atoms with E-state index in [0.717, 1.165) is 24.1 Å². The van der Waals surface area contributed by atoms with E-state index in [9.17, 15) is 0 Å². The Morgan fingerprint density at radius 3 is 2.88 bits per heavy atom. The zero-order valence-electron chi connectivity index (χ0n) is 15.6. The van der Waals surface area contributed by atoms with Gasteiger partial charge in [-0.2, -0.15) is 5.26 Å². The Labute approximate surface area is 161 Å². The highest BCUT2D eigenvalue weighted by Gasteiger charge is 2.67. The normalized spacial score (nSPS) is 38.4. The second kappa shape index (κ2) is 5.73. The summed E-state index contributed by atoms with van der Waals surface area (Å²) in [5.41, 5.74) is 2.01. The van der Waals surface area contributed by atoms with Gasteiger partial charge in [0.2, 0.25) is 0 Å². The minimum Gasteiger partial charge on any atom is -0.356 e. The third-order valence-corrected chi connectivity index (χ3v) is 7.73. The van der Waals surface area contributed by atoms with Crippen LogP contribution in [0.2, 0.25) is 5.02 Å². The van der Waals surface area contributed by atoms with Crippen LogP contribution in [0, 0.1) is 40.4 Å². The number of nitriles is 1. The fraction of sp³-hybridized carbons (Fsp3) is 0.636. The molecular weight excluding hydrogens is 342 g/mol. The van der Waals surface area contributed by atoms with Crippen LogP contribution in [0.4, 0.5) is 5.69 Å². The van der Waals surface area contributed by atoms with E-state index in [4.69, 9.17) is 21.9 Å². The summed E-state index contributed by atoms with van der Waals surface area (Å²) in [6.45, 7) is 5.71. The number of piperidine rings is 1. The second-order valence-electron chi connectivity index (χ2n) is 9.42. The van der Waals surface area contributed by atoms with Crippen LogP contribution in [-0.4, -0.2) is 23.3 Å². The molecule has 5 unspecified atom stereocenters. The summed E-state index contributed by atoms with van der Waals surface area (Å²) in [5, 5.41) is 9.67. The summed E-state index contributed by atoms with van der Waals surface area (Å²) < 4.78 is 0. The smallest absolute Gasteiger partial charge is 0.108 e. The van der Waals surface area contributed by atoms with Crippen molar-refractivity contribution in [3.05, 3.63) is 28.8 Å². The van der Waals surface area contributed by atoms with Gasteiger partial charge in [-0.15, -0.1) is 0 Å². The van der Waals surface area contributed by atoms with Crippen molar-refractivity contribution in [2.75, 3.05) is 6.54 Å². The van der Waals surface area contributed by atoms with Crippen LogP contribution in [0.15, 0.2) is 23.2 Å². The molecule has 3 saturated carbocycles. The Morgan fingerprint density at radius 2 is 2.15 bits per heavy atom. The maximum atomic E-state index is 9.08. The molecule has 26 heavy (non-hydrogen) atoms. The van der Waals surface area contributed by atoms with Gasteiger partial charge >= 0.3 is 0 Å². The SMILES string of the molecule is CC(C)CN1C(=Nc2ccc(C#N)cc2Cl)C2CC3CC4CC1C4(C3)C2. The van der Waals surface area contributed by atoms with Gasteiger partial charge in [0.05, 0.1) is 22.3 Å². The summed E-state index contributed by atoms with van der Waals surface area (Å²) in [6.07, 6.45) is 6.90. The third kappa shape index (κ3) is 2.28. The lowest BCUT2D eigenvalue weighted by Crippen LogP contribution is -2.67. The minimum absolute atomic E-state index is 0.584. The first-order valence-corrected chi connectivity index (χ1v) is 10.4. The molecule has 0 radical (unpaired) electrons. The zero-order chi connectivity index (χ0) is 18.1. The highest BCUT2D eigenvalue weighted by Crippen LogP contribution is 2.70. The second-order valence-corrected chi connectivity index (χ2v) is 9.83. The Kier molecular flexibility index (Phi) is 3.67. The van der Waals surface area contributed by atoms with E-state index >= 15 is 0 Å². The van der Waals surface area contributed by atoms with Crippen LogP contribution in [0.1, 0.15) is 51.5 Å². The van der Waals surface area contributed by atoms with Crippen LogP contribution in [0.25, 0.3) is 0 Å². The number of benzene rings is 1. The monoisotopic (exact) mass is 367 g/mol. The minimum atomic E-state index is 0.584. The summed E-state index contributed by atoms with van der Waals surface area (Å²) in [7, 11) is 0. The highest BCUT2D eigenvalue weighted by molar-refractivity contribution is 6.33. The third-order valence-electron chi connectivity index (χ3n) is 7.42. The van der Waals surface area contributed by atoms with Gasteiger partial charge < -0.3 is 4.90 Å². The predicted octanol–water partition coefficient (Wildman–Crippen LogP) is 5.41. The first kappa shape index (κ1) is 16.6. The molecule has 0 amide bonds. The van der Waals surface area contributed by atoms with Crippen LogP contribution in [0.3, 0.4) is 0 Å². The lowest BCUT2D eigenvalue weighted by atomic mass is 9.51. The Balaban J connectivity index is 1.56. The number of hydrogen-bond acceptors (Lipinski definition) is 2. The molecule has 3 bridgehead atoms. The molecule has 3 aliphatic carbocycles. The number of amidine groups is 1. The summed E-state index contributed by atoms with van der Waals surface area (Å²) in [4.78, 5) is 7.78. The number of fused-ring (bicyclic) bond motifs is 2. The van der Waals surface area contributed by atoms with E-state index in [1.165, 1.54) is 37.9 Å². The molecule has 1 saturated heterocycles. The lowest BCUT2D eigenvalue weighted by molar-refractivity contribution is -0.0844. The molecule has 5 atom stereocenters. The quantitative estimate of drug-likeness (QED) is 0.716. The molecule has 1 aliphatic heterocycles. The van der Waals surface area contributed by atoms with Crippen molar-refractivity contribution >= 4 is 23.1 Å². The van der Waals surface area contributed by atoms with Crippen LogP contribution in [0.5, 0.6) is 0 Å². The van der Waals surface area contributed by atoms with Crippen molar-refractivity contribution in [2.45, 2.75) is 52.0 Å². The first-order chi connectivity index (χ1) is 12.5. The van der Waals surface area contributed by atoms with E-state index in [1.807, 2.05) is 12.1 Å². The van der Waals surface area contributed by atoms with Gasteiger partial charge in [-0.1, -0.05) is 25.4 Å². The standard InChI is InChI=1S/C22H26ClN3/c1-13(2)12-26-20-8-17-6-15-5-16(10-22(17,20)9-15)21(26)25-19-4-3-14(11-24)7-18(19)23/h3-4,7,13,15-17,20H,5-6,8-10,12H2,1-2H3. The largest absolute Gasteiger partial charge is 0.356 e. The van der Waals surface area contributed by atoms with Crippen molar-refractivity contribution in [3.8, 4) is 6.07 Å². The number of likely N-dealkylation sites (tertiary alicyclic amines) is 1. The average molecular weight is 368 g/mol. The van der Waals surface area contributed by atoms with Crippen molar-refractivity contribution in [3.63, 3.8) is 0 Å². The molecular formula is C22H26ClN3. The summed E-state index contributed by atoms with van der Waals surface area (Å²) in [5.74, 6) is 4.36. The van der Waals surface area contributed by atoms with Gasteiger partial charge in [0, 0.05) is 18.5 Å². The van der Waals surface area contributed by atoms with E-state index in [1.54, 1.807) is 6.07 Å². The van der Waals surface area contributed by atoms with Gasteiger partial charge in [-0.05, 0) is 73.5 Å². The van der Waals surface area contributed by atoms with Crippen LogP contribution in [-0.2, 0) is 0 Å². The number of hydrogen-bond donors (Lipinski definition) is 0. The molecule has 4 heteroatoms. The Morgan fingerprint density at radius 1 is 1.31 bits per heavy atom. The average Bonchev–Trinajstić information content (AvgIpc) is 2.82. The molecule has 1 aromatic rings. The molecule has 5 rings (SSSR count). The molecule has 1 aromatic carbocycles. The van der Waals surface area contributed by atoms with Crippen molar-refractivity contribution in [2.24, 2.45) is 34.1 Å². The van der Waals surface area contributed by atoms with E-state index < -0.39 is 0 Å². The van der Waals surface area contributed by atoms with Crippen LogP contribution >= 0.6 is 11.6 Å². The maximum Gasteiger partial charge on any atom is 0.108 e. The molecule has 1 spiro atoms. The summed E-state index contributed by atoms with van der Waals surface area (Å²) >= 11 is 6.45. The van der Waals surface area contributed by atoms with Gasteiger partial charge in [0.15, 0.2) is 0 Å². The maximum absolute atomic E-state index is 9.08. The topological polar surface area (TPSA) is 39.4 Å². The van der Waals surface area contributed by atoms with E-state index in [2.05, 4.69) is 24.8 Å². The van der Waals surface area contributed by atoms with E-state index in [0.29, 0.717) is 33.9 Å². The predicted molar refractivity (Wildman–Crippen MR) is 105 cm³/mol. The number of aliphatic imine (C=N–C) groups is 1. The van der Waals surface area contributed by atoms with Gasteiger partial charge in [0.1, 0.15) is 5.84 Å². The Hall–Kier alpha value is -1.53. The van der Waals surface area contributed by atoms with Crippen molar-refractivity contribution in [1.82, 2.24) is 4.90 Å². The molecule has 0 N–H and O–H groups in total. The molecule has 4 fully saturated rings. The number of rotatable bonds is 3. The molecule has 0 aromatic heterocycles. The fourth-order valence-electron chi connectivity index (χ4n) is 6.61. The number of halogens is 1. The highest BCUT2D eigenvalue weighted by atomic mass is 35.5. The van der Waals surface area contributed by atoms with E-state index in [-0.39, 0.29) is 0 Å². The first-order valence-electron chi connectivity index (χ1n) is 10.0. The Bertz CT molecular complexity index is 823.